The minimum absolute atomic E-state index is 0.0208. The van der Waals surface area contributed by atoms with Gasteiger partial charge in [-0.3, -0.25) is 4.90 Å². The number of alkyl halides is 3. The number of carbonyl (C=O) groups is 2. The molecular formula is C18H26F3N3O4S. The summed E-state index contributed by atoms with van der Waals surface area (Å²) in [6.07, 6.45) is -4.75. The Morgan fingerprint density at radius 2 is 2.03 bits per heavy atom. The molecule has 0 aliphatic carbocycles. The Kier molecular flexibility index (Phi) is 7.89. The summed E-state index contributed by atoms with van der Waals surface area (Å²) in [4.78, 5) is 26.1. The number of thiophene rings is 1. The third-order valence-electron chi connectivity index (χ3n) is 5.01. The number of fused-ring (bicyclic) bond motifs is 1. The van der Waals surface area contributed by atoms with Crippen LogP contribution in [-0.4, -0.2) is 79.5 Å². The number of ether oxygens (including phenoxy) is 1. The molecule has 11 heteroatoms. The van der Waals surface area contributed by atoms with Crippen molar-refractivity contribution in [2.75, 3.05) is 40.3 Å². The van der Waals surface area contributed by atoms with Crippen LogP contribution < -0.4 is 5.32 Å². The molecule has 164 valence electrons. The number of amides is 2. The minimum Gasteiger partial charge on any atom is -0.475 e. The molecule has 3 heterocycles. The van der Waals surface area contributed by atoms with Crippen molar-refractivity contribution >= 4 is 23.3 Å². The molecule has 0 spiro atoms. The van der Waals surface area contributed by atoms with Crippen LogP contribution in [-0.2, 0) is 16.1 Å². The van der Waals surface area contributed by atoms with Gasteiger partial charge in [0.25, 0.3) is 0 Å². The fourth-order valence-corrected chi connectivity index (χ4v) is 4.31. The van der Waals surface area contributed by atoms with Crippen LogP contribution in [0.2, 0.25) is 0 Å². The Bertz CT molecular complexity index is 711. The second-order valence-electron chi connectivity index (χ2n) is 7.40. The monoisotopic (exact) mass is 437 g/mol. The normalized spacial score (nSPS) is 23.9. The summed E-state index contributed by atoms with van der Waals surface area (Å²) in [6, 6.07) is 2.17. The largest absolute Gasteiger partial charge is 0.490 e. The number of carbonyl (C=O) groups excluding carboxylic acids is 1. The SMILES string of the molecule is Cc1ccsc1CN1C[C@@H]2[C@H](CNC(=O)N(C)C)CO[C@@H]2C1.O=C(O)C(F)(F)F. The Labute approximate surface area is 171 Å². The summed E-state index contributed by atoms with van der Waals surface area (Å²) in [5.41, 5.74) is 1.39. The van der Waals surface area contributed by atoms with Gasteiger partial charge in [0.05, 0.1) is 12.7 Å². The zero-order chi connectivity index (χ0) is 21.8. The van der Waals surface area contributed by atoms with E-state index in [0.29, 0.717) is 24.5 Å². The van der Waals surface area contributed by atoms with E-state index in [1.165, 1.54) is 10.4 Å². The Balaban J connectivity index is 0.000000370. The van der Waals surface area contributed by atoms with E-state index < -0.39 is 12.1 Å². The first-order valence-electron chi connectivity index (χ1n) is 9.11. The third kappa shape index (κ3) is 6.58. The Morgan fingerprint density at radius 3 is 2.55 bits per heavy atom. The molecule has 2 N–H and O–H groups in total. The van der Waals surface area contributed by atoms with E-state index in [1.807, 2.05) is 11.3 Å². The van der Waals surface area contributed by atoms with Gasteiger partial charge in [0, 0.05) is 57.0 Å². The van der Waals surface area contributed by atoms with E-state index in [0.717, 1.165) is 26.2 Å². The predicted octanol–water partition coefficient (Wildman–Crippen LogP) is 2.41. The van der Waals surface area contributed by atoms with E-state index in [-0.39, 0.29) is 6.03 Å². The molecule has 2 aliphatic heterocycles. The summed E-state index contributed by atoms with van der Waals surface area (Å²) >= 11 is 1.84. The van der Waals surface area contributed by atoms with Gasteiger partial charge < -0.3 is 20.1 Å². The number of nitrogens with one attached hydrogen (secondary N) is 1. The number of carboxylic acid groups (broad SMARTS) is 1. The molecule has 3 rings (SSSR count). The Morgan fingerprint density at radius 1 is 1.38 bits per heavy atom. The maximum absolute atomic E-state index is 11.7. The van der Waals surface area contributed by atoms with Gasteiger partial charge in [0.1, 0.15) is 0 Å². The van der Waals surface area contributed by atoms with Crippen molar-refractivity contribution in [3.8, 4) is 0 Å². The van der Waals surface area contributed by atoms with E-state index >= 15 is 0 Å². The lowest BCUT2D eigenvalue weighted by molar-refractivity contribution is -0.192. The zero-order valence-corrected chi connectivity index (χ0v) is 17.3. The molecule has 7 nitrogen and oxygen atoms in total. The summed E-state index contributed by atoms with van der Waals surface area (Å²) in [6.45, 7) is 6.78. The highest BCUT2D eigenvalue weighted by Gasteiger charge is 2.43. The van der Waals surface area contributed by atoms with Crippen molar-refractivity contribution in [3.05, 3.63) is 21.9 Å². The molecular weight excluding hydrogens is 411 g/mol. The lowest BCUT2D eigenvalue weighted by atomic mass is 9.93. The highest BCUT2D eigenvalue weighted by molar-refractivity contribution is 7.10. The standard InChI is InChI=1S/C16H25N3O2S.C2HF3O2/c1-11-4-5-22-15(11)9-19-7-13-12(10-21-14(13)8-19)6-17-16(20)18(2)3;3-2(4,5)1(6)7/h4-5,12-14H,6-10H2,1-3H3,(H,17,20);(H,6,7)/t12-,13-,14-;/m1./s1. The highest BCUT2D eigenvalue weighted by atomic mass is 32.1. The van der Waals surface area contributed by atoms with Crippen molar-refractivity contribution in [1.82, 2.24) is 15.1 Å². The molecule has 1 aromatic heterocycles. The summed E-state index contributed by atoms with van der Waals surface area (Å²) in [5, 5.41) is 12.3. The van der Waals surface area contributed by atoms with Gasteiger partial charge in [0.15, 0.2) is 0 Å². The lowest BCUT2D eigenvalue weighted by Gasteiger charge is -2.20. The van der Waals surface area contributed by atoms with Crippen LogP contribution in [0.1, 0.15) is 10.4 Å². The number of nitrogens with zero attached hydrogens (tertiary/aromatic N) is 2. The zero-order valence-electron chi connectivity index (χ0n) is 16.5. The number of hydrogen-bond donors (Lipinski definition) is 2. The smallest absolute Gasteiger partial charge is 0.475 e. The van der Waals surface area contributed by atoms with E-state index in [2.05, 4.69) is 28.6 Å². The average Bonchev–Trinajstić information content (AvgIpc) is 3.30. The molecule has 0 radical (unpaired) electrons. The summed E-state index contributed by atoms with van der Waals surface area (Å²) < 4.78 is 37.7. The van der Waals surface area contributed by atoms with Gasteiger partial charge in [0.2, 0.25) is 0 Å². The summed E-state index contributed by atoms with van der Waals surface area (Å²) in [7, 11) is 3.54. The summed E-state index contributed by atoms with van der Waals surface area (Å²) in [5.74, 6) is -1.78. The second-order valence-corrected chi connectivity index (χ2v) is 8.40. The Hall–Kier alpha value is -1.85. The van der Waals surface area contributed by atoms with Crippen LogP contribution in [0.15, 0.2) is 11.4 Å². The van der Waals surface area contributed by atoms with Gasteiger partial charge in [-0.05, 0) is 23.9 Å². The maximum Gasteiger partial charge on any atom is 0.490 e. The van der Waals surface area contributed by atoms with Gasteiger partial charge in [-0.15, -0.1) is 11.3 Å². The van der Waals surface area contributed by atoms with Crippen molar-refractivity contribution < 1.29 is 32.6 Å². The quantitative estimate of drug-likeness (QED) is 0.756. The number of urea groups is 1. The molecule has 0 unspecified atom stereocenters. The molecule has 2 amide bonds. The number of likely N-dealkylation sites (tertiary alicyclic amines) is 1. The topological polar surface area (TPSA) is 82.1 Å². The molecule has 1 aromatic rings. The maximum atomic E-state index is 11.7. The minimum atomic E-state index is -5.08. The molecule has 2 fully saturated rings. The fourth-order valence-electron chi connectivity index (χ4n) is 3.36. The van der Waals surface area contributed by atoms with Gasteiger partial charge in [-0.2, -0.15) is 13.2 Å². The molecule has 0 bridgehead atoms. The van der Waals surface area contributed by atoms with Gasteiger partial charge in [-0.1, -0.05) is 0 Å². The van der Waals surface area contributed by atoms with Gasteiger partial charge >= 0.3 is 18.2 Å². The number of aliphatic carboxylic acids is 1. The lowest BCUT2D eigenvalue weighted by Crippen LogP contribution is -2.39. The first-order valence-corrected chi connectivity index (χ1v) is 9.99. The van der Waals surface area contributed by atoms with Crippen molar-refractivity contribution in [3.63, 3.8) is 0 Å². The van der Waals surface area contributed by atoms with Crippen LogP contribution in [0.25, 0.3) is 0 Å². The molecule has 29 heavy (non-hydrogen) atoms. The van der Waals surface area contributed by atoms with Crippen molar-refractivity contribution in [2.45, 2.75) is 25.7 Å². The second kappa shape index (κ2) is 9.77. The van der Waals surface area contributed by atoms with Crippen LogP contribution in [0.3, 0.4) is 0 Å². The van der Waals surface area contributed by atoms with Crippen LogP contribution in [0.5, 0.6) is 0 Å². The number of aryl methyl sites for hydroxylation is 1. The van der Waals surface area contributed by atoms with Gasteiger partial charge in [-0.25, -0.2) is 9.59 Å². The fraction of sp³-hybridized carbons (Fsp3) is 0.667. The molecule has 0 saturated carbocycles. The molecule has 2 aliphatic rings. The van der Waals surface area contributed by atoms with Crippen LogP contribution in [0.4, 0.5) is 18.0 Å². The van der Waals surface area contributed by atoms with Crippen LogP contribution in [0, 0.1) is 18.8 Å². The van der Waals surface area contributed by atoms with Crippen molar-refractivity contribution in [2.24, 2.45) is 11.8 Å². The average molecular weight is 437 g/mol. The van der Waals surface area contributed by atoms with E-state index in [9.17, 15) is 18.0 Å². The van der Waals surface area contributed by atoms with Crippen molar-refractivity contribution in [1.29, 1.82) is 0 Å². The van der Waals surface area contributed by atoms with E-state index in [1.54, 1.807) is 19.0 Å². The number of rotatable bonds is 4. The molecule has 2 saturated heterocycles. The highest BCUT2D eigenvalue weighted by Crippen LogP contribution is 2.34. The van der Waals surface area contributed by atoms with Crippen LogP contribution >= 0.6 is 11.3 Å². The predicted molar refractivity (Wildman–Crippen MR) is 102 cm³/mol. The number of carboxylic acids is 1. The van der Waals surface area contributed by atoms with E-state index in [4.69, 9.17) is 14.6 Å². The number of halogens is 3. The first-order chi connectivity index (χ1) is 13.5. The third-order valence-corrected chi connectivity index (χ3v) is 6.02. The molecule has 0 aromatic carbocycles. The first kappa shape index (κ1) is 23.4. The molecule has 3 atom stereocenters. The number of hydrogen-bond acceptors (Lipinski definition) is 5.